The van der Waals surface area contributed by atoms with Gasteiger partial charge in [0.1, 0.15) is 24.5 Å². The van der Waals surface area contributed by atoms with Crippen molar-refractivity contribution in [2.75, 3.05) is 30.9 Å². The molecule has 2 aliphatic heterocycles. The molecule has 3 aliphatic rings. The number of fused-ring (bicyclic) bond motifs is 5. The van der Waals surface area contributed by atoms with E-state index in [0.717, 1.165) is 30.7 Å². The zero-order valence-electron chi connectivity index (χ0n) is 21.8. The zero-order valence-corrected chi connectivity index (χ0v) is 22.7. The molecule has 6 rings (SSSR count). The molecule has 1 saturated carbocycles. The second kappa shape index (κ2) is 9.86. The van der Waals surface area contributed by atoms with E-state index in [2.05, 4.69) is 0 Å². The van der Waals surface area contributed by atoms with Crippen LogP contribution in [0.4, 0.5) is 10.1 Å². The summed E-state index contributed by atoms with van der Waals surface area (Å²) in [6.07, 6.45) is 4.34. The van der Waals surface area contributed by atoms with Crippen LogP contribution in [-0.2, 0) is 25.6 Å². The van der Waals surface area contributed by atoms with Crippen molar-refractivity contribution >= 4 is 32.7 Å². The lowest BCUT2D eigenvalue weighted by Gasteiger charge is -2.47. The maximum absolute atomic E-state index is 15.7. The van der Waals surface area contributed by atoms with Gasteiger partial charge in [0.2, 0.25) is 5.43 Å². The normalized spacial score (nSPS) is 22.4. The molecule has 2 unspecified atom stereocenters. The molecule has 212 valence electrons. The van der Waals surface area contributed by atoms with Gasteiger partial charge in [0, 0.05) is 25.2 Å². The average molecular weight is 573 g/mol. The molecule has 2 aromatic carbocycles. The van der Waals surface area contributed by atoms with Gasteiger partial charge in [0.25, 0.3) is 10.1 Å². The third-order valence-electron chi connectivity index (χ3n) is 7.69. The fourth-order valence-corrected chi connectivity index (χ4v) is 6.00. The lowest BCUT2D eigenvalue weighted by Crippen LogP contribution is -2.56. The lowest BCUT2D eigenvalue weighted by atomic mass is 9.86. The van der Waals surface area contributed by atoms with Gasteiger partial charge in [-0.1, -0.05) is 30.3 Å². The van der Waals surface area contributed by atoms with E-state index in [1.807, 2.05) is 34.9 Å². The van der Waals surface area contributed by atoms with Crippen molar-refractivity contribution in [3.63, 3.8) is 0 Å². The summed E-state index contributed by atoms with van der Waals surface area (Å²) in [5.41, 5.74) is -0.839. The van der Waals surface area contributed by atoms with Crippen LogP contribution in [0.25, 0.3) is 10.9 Å². The number of benzene rings is 2. The van der Waals surface area contributed by atoms with E-state index in [1.54, 1.807) is 4.90 Å². The smallest absolute Gasteiger partial charge is 0.343 e. The van der Waals surface area contributed by atoms with Crippen LogP contribution in [0, 0.1) is 5.82 Å². The number of anilines is 1. The predicted octanol–water partition coefficient (Wildman–Crippen LogP) is 2.90. The number of carbonyl (C=O) groups excluding carboxylic acids is 1. The molecule has 40 heavy (non-hydrogen) atoms. The summed E-state index contributed by atoms with van der Waals surface area (Å²) < 4.78 is 56.8. The molecule has 12 heteroatoms. The summed E-state index contributed by atoms with van der Waals surface area (Å²) >= 11 is 0. The van der Waals surface area contributed by atoms with Gasteiger partial charge in [-0.3, -0.25) is 8.98 Å². The summed E-state index contributed by atoms with van der Waals surface area (Å²) in [4.78, 5) is 28.3. The number of aromatic nitrogens is 1. The first-order chi connectivity index (χ1) is 19.0. The number of ether oxygens (including phenoxy) is 2. The fourth-order valence-electron chi connectivity index (χ4n) is 5.57. The number of carbonyl (C=O) groups is 1. The summed E-state index contributed by atoms with van der Waals surface area (Å²) in [6.45, 7) is -0.0785. The molecule has 1 saturated heterocycles. The summed E-state index contributed by atoms with van der Waals surface area (Å²) in [5.74, 6) is -1.24. The van der Waals surface area contributed by atoms with E-state index >= 15 is 4.39 Å². The molecule has 0 radical (unpaired) electrons. The number of hydrogen-bond acceptors (Lipinski definition) is 9. The van der Waals surface area contributed by atoms with Crippen molar-refractivity contribution in [3.05, 3.63) is 69.8 Å². The third kappa shape index (κ3) is 5.06. The van der Waals surface area contributed by atoms with Gasteiger partial charge < -0.3 is 24.0 Å². The topological polar surface area (TPSA) is 124 Å². The highest BCUT2D eigenvalue weighted by Crippen LogP contribution is 2.47. The van der Waals surface area contributed by atoms with Gasteiger partial charge >= 0.3 is 5.97 Å². The molecular formula is C28H29FN2O8S. The highest BCUT2D eigenvalue weighted by molar-refractivity contribution is 7.85. The highest BCUT2D eigenvalue weighted by atomic mass is 32.2. The van der Waals surface area contributed by atoms with E-state index in [4.69, 9.17) is 13.7 Å². The Bertz CT molecular complexity index is 1650. The van der Waals surface area contributed by atoms with E-state index in [0.29, 0.717) is 5.52 Å². The van der Waals surface area contributed by atoms with Crippen molar-refractivity contribution < 1.29 is 36.4 Å². The van der Waals surface area contributed by atoms with Crippen LogP contribution in [0.1, 0.15) is 47.6 Å². The fraction of sp³-hybridized carbons (Fsp3) is 0.429. The highest BCUT2D eigenvalue weighted by Gasteiger charge is 2.44. The Hall–Kier alpha value is -3.48. The van der Waals surface area contributed by atoms with Crippen molar-refractivity contribution in [1.29, 1.82) is 0 Å². The Morgan fingerprint density at radius 1 is 1.23 bits per heavy atom. The number of pyridine rings is 1. The molecule has 3 heterocycles. The Morgan fingerprint density at radius 2 is 1.98 bits per heavy atom. The van der Waals surface area contributed by atoms with Gasteiger partial charge in [-0.15, -0.1) is 0 Å². The van der Waals surface area contributed by atoms with Crippen LogP contribution in [0.5, 0.6) is 5.75 Å². The van der Waals surface area contributed by atoms with Crippen molar-refractivity contribution in [3.8, 4) is 5.75 Å². The van der Waals surface area contributed by atoms with Crippen LogP contribution >= 0.6 is 0 Å². The zero-order chi connectivity index (χ0) is 28.2. The second-order valence-corrected chi connectivity index (χ2v) is 12.5. The Morgan fingerprint density at radius 3 is 2.67 bits per heavy atom. The van der Waals surface area contributed by atoms with Crippen LogP contribution in [0.3, 0.4) is 0 Å². The van der Waals surface area contributed by atoms with Crippen LogP contribution in [0.15, 0.2) is 47.4 Å². The Balaban J connectivity index is 1.35. The SMILES string of the molecule is CS(=O)(=O)OCC1(O)CCN2c3c(F)cc4c(=O)c(C(=O)OCc5ccccc5)cn(C5CC5)c4c3OCC2C1. The third-order valence-corrected chi connectivity index (χ3v) is 8.24. The summed E-state index contributed by atoms with van der Waals surface area (Å²) in [6, 6.07) is 9.84. The van der Waals surface area contributed by atoms with Gasteiger partial charge in [-0.2, -0.15) is 8.42 Å². The van der Waals surface area contributed by atoms with Gasteiger partial charge in [-0.05, 0) is 30.9 Å². The molecule has 1 aliphatic carbocycles. The number of rotatable bonds is 7. The molecular weight excluding hydrogens is 543 g/mol. The van der Waals surface area contributed by atoms with E-state index < -0.39 is 45.6 Å². The molecule has 2 fully saturated rings. The number of esters is 1. The summed E-state index contributed by atoms with van der Waals surface area (Å²) in [7, 11) is -3.74. The Labute approximate surface area is 230 Å². The molecule has 1 aromatic heterocycles. The van der Waals surface area contributed by atoms with Crippen LogP contribution in [-0.4, -0.2) is 61.7 Å². The maximum atomic E-state index is 15.7. The first-order valence-electron chi connectivity index (χ1n) is 13.1. The molecule has 0 spiro atoms. The van der Waals surface area contributed by atoms with Gasteiger partial charge in [0.15, 0.2) is 11.6 Å². The number of hydrogen-bond donors (Lipinski definition) is 1. The van der Waals surface area contributed by atoms with Crippen LogP contribution < -0.4 is 15.1 Å². The minimum atomic E-state index is -3.74. The minimum absolute atomic E-state index is 0.000161. The van der Waals surface area contributed by atoms with Crippen molar-refractivity contribution in [2.45, 2.75) is 50.0 Å². The van der Waals surface area contributed by atoms with Gasteiger partial charge in [0.05, 0.1) is 35.4 Å². The number of nitrogens with zero attached hydrogens (tertiary/aromatic N) is 2. The second-order valence-electron chi connectivity index (χ2n) is 10.8. The number of aliphatic hydroxyl groups is 1. The average Bonchev–Trinajstić information content (AvgIpc) is 3.77. The van der Waals surface area contributed by atoms with E-state index in [1.165, 1.54) is 6.20 Å². The van der Waals surface area contributed by atoms with Crippen molar-refractivity contribution in [1.82, 2.24) is 4.57 Å². The van der Waals surface area contributed by atoms with E-state index in [-0.39, 0.29) is 61.0 Å². The monoisotopic (exact) mass is 572 g/mol. The maximum Gasteiger partial charge on any atom is 0.343 e. The molecule has 0 amide bonds. The lowest BCUT2D eigenvalue weighted by molar-refractivity contribution is -0.0376. The minimum Gasteiger partial charge on any atom is -0.487 e. The predicted molar refractivity (Wildman–Crippen MR) is 144 cm³/mol. The standard InChI is InChI=1S/C28H29FN2O8S/c1-40(35,36)39-16-28(34)9-10-30-19(12-28)15-37-26-23-20(11-22(29)24(26)30)25(32)21(13-31(23)18-7-8-18)27(33)38-14-17-5-3-2-4-6-17/h2-6,11,13,18-19,34H,7-10,12,14-16H2,1H3. The molecule has 2 atom stereocenters. The molecule has 1 N–H and O–H groups in total. The molecule has 0 bridgehead atoms. The molecule has 10 nitrogen and oxygen atoms in total. The largest absolute Gasteiger partial charge is 0.487 e. The quantitative estimate of drug-likeness (QED) is 0.336. The summed E-state index contributed by atoms with van der Waals surface area (Å²) in [5, 5.41) is 11.0. The van der Waals surface area contributed by atoms with E-state index in [9.17, 15) is 23.1 Å². The molecule has 3 aromatic rings. The first-order valence-corrected chi connectivity index (χ1v) is 14.9. The van der Waals surface area contributed by atoms with Crippen molar-refractivity contribution in [2.24, 2.45) is 0 Å². The van der Waals surface area contributed by atoms with Crippen LogP contribution in [0.2, 0.25) is 0 Å². The van der Waals surface area contributed by atoms with Gasteiger partial charge in [-0.25, -0.2) is 9.18 Å². The number of piperidine rings is 1. The number of halogens is 1. The Kier molecular flexibility index (Phi) is 6.59. The first kappa shape index (κ1) is 26.7.